The first kappa shape index (κ1) is 14.4. The van der Waals surface area contributed by atoms with E-state index in [2.05, 4.69) is 45.0 Å². The predicted molar refractivity (Wildman–Crippen MR) is 72.7 cm³/mol. The maximum Gasteiger partial charge on any atom is 0.166 e. The zero-order chi connectivity index (χ0) is 13.1. The molecule has 0 saturated carbocycles. The lowest BCUT2D eigenvalue weighted by Gasteiger charge is -2.28. The minimum atomic E-state index is -0.333. The zero-order valence-corrected chi connectivity index (χ0v) is 12.3. The summed E-state index contributed by atoms with van der Waals surface area (Å²) in [5.74, 6) is -0.0277. The first-order valence-electron chi connectivity index (χ1n) is 5.50. The molecule has 0 aliphatic rings. The molecule has 1 rings (SSSR count). The van der Waals surface area contributed by atoms with Gasteiger partial charge >= 0.3 is 0 Å². The molecule has 1 aromatic rings. The monoisotopic (exact) mass is 303 g/mol. The summed E-state index contributed by atoms with van der Waals surface area (Å²) in [4.78, 5) is 6.13. The third kappa shape index (κ3) is 5.00. The third-order valence-electron chi connectivity index (χ3n) is 2.29. The van der Waals surface area contributed by atoms with Gasteiger partial charge in [-0.15, -0.1) is 0 Å². The van der Waals surface area contributed by atoms with Gasteiger partial charge in [-0.05, 0) is 41.5 Å². The van der Waals surface area contributed by atoms with Gasteiger partial charge in [-0.25, -0.2) is 9.37 Å². The van der Waals surface area contributed by atoms with Crippen molar-refractivity contribution in [1.29, 1.82) is 0 Å². The van der Waals surface area contributed by atoms with Crippen LogP contribution < -0.4 is 5.32 Å². The molecule has 5 heteroatoms. The van der Waals surface area contributed by atoms with Gasteiger partial charge in [0.2, 0.25) is 0 Å². The van der Waals surface area contributed by atoms with Gasteiger partial charge in [-0.3, -0.25) is 0 Å². The van der Waals surface area contributed by atoms with Crippen LogP contribution in [-0.2, 0) is 0 Å². The summed E-state index contributed by atoms with van der Waals surface area (Å²) >= 11 is 3.18. The molecule has 0 unspecified atom stereocenters. The molecule has 1 aromatic heterocycles. The highest BCUT2D eigenvalue weighted by Crippen LogP contribution is 2.20. The number of hydrogen-bond acceptors (Lipinski definition) is 3. The minimum absolute atomic E-state index is 0.0602. The van der Waals surface area contributed by atoms with Crippen molar-refractivity contribution in [2.45, 2.75) is 13.8 Å². The Morgan fingerprint density at radius 1 is 1.47 bits per heavy atom. The molecule has 0 fully saturated rings. The van der Waals surface area contributed by atoms with Crippen LogP contribution in [0.4, 0.5) is 10.2 Å². The van der Waals surface area contributed by atoms with Gasteiger partial charge in [0.15, 0.2) is 11.6 Å². The fraction of sp³-hybridized carbons (Fsp3) is 0.583. The van der Waals surface area contributed by atoms with E-state index in [9.17, 15) is 4.39 Å². The van der Waals surface area contributed by atoms with Crippen LogP contribution in [0, 0.1) is 11.2 Å². The summed E-state index contributed by atoms with van der Waals surface area (Å²) in [6, 6.07) is 1.41. The van der Waals surface area contributed by atoms with Crippen molar-refractivity contribution in [2.75, 3.05) is 32.5 Å². The quantitative estimate of drug-likeness (QED) is 0.906. The van der Waals surface area contributed by atoms with E-state index in [0.717, 1.165) is 6.54 Å². The topological polar surface area (TPSA) is 28.2 Å². The molecular formula is C12H19BrFN3. The minimum Gasteiger partial charge on any atom is -0.367 e. The van der Waals surface area contributed by atoms with Crippen LogP contribution in [0.2, 0.25) is 0 Å². The van der Waals surface area contributed by atoms with E-state index in [-0.39, 0.29) is 11.2 Å². The lowest BCUT2D eigenvalue weighted by Crippen LogP contribution is -2.34. The molecule has 0 atom stereocenters. The van der Waals surface area contributed by atoms with Crippen LogP contribution in [0.5, 0.6) is 0 Å². The Balaban J connectivity index is 2.61. The van der Waals surface area contributed by atoms with Crippen molar-refractivity contribution in [1.82, 2.24) is 9.88 Å². The van der Waals surface area contributed by atoms with Crippen molar-refractivity contribution < 1.29 is 4.39 Å². The first-order valence-corrected chi connectivity index (χ1v) is 6.29. The summed E-state index contributed by atoms with van der Waals surface area (Å²) in [6.07, 6.45) is 1.59. The van der Waals surface area contributed by atoms with Crippen LogP contribution in [0.25, 0.3) is 0 Å². The summed E-state index contributed by atoms with van der Waals surface area (Å²) < 4.78 is 14.2. The maximum atomic E-state index is 13.5. The summed E-state index contributed by atoms with van der Waals surface area (Å²) in [7, 11) is 4.06. The maximum absolute atomic E-state index is 13.5. The van der Waals surface area contributed by atoms with E-state index in [4.69, 9.17) is 0 Å². The third-order valence-corrected chi connectivity index (χ3v) is 2.72. The first-order chi connectivity index (χ1) is 7.80. The van der Waals surface area contributed by atoms with E-state index >= 15 is 0 Å². The SMILES string of the molecule is CN(C)CC(C)(C)CNc1ncc(Br)cc1F. The van der Waals surface area contributed by atoms with Crippen LogP contribution in [0.15, 0.2) is 16.7 Å². The lowest BCUT2D eigenvalue weighted by molar-refractivity contribution is 0.254. The average molecular weight is 304 g/mol. The van der Waals surface area contributed by atoms with E-state index in [0.29, 0.717) is 16.8 Å². The Kier molecular flexibility index (Phi) is 4.89. The highest BCUT2D eigenvalue weighted by molar-refractivity contribution is 9.10. The molecule has 96 valence electrons. The van der Waals surface area contributed by atoms with Gasteiger partial charge in [0, 0.05) is 23.8 Å². The number of anilines is 1. The number of halogens is 2. The standard InChI is InChI=1S/C12H19BrFN3/c1-12(2,8-17(3)4)7-16-11-10(14)5-9(13)6-15-11/h5-6H,7-8H2,1-4H3,(H,15,16). The number of hydrogen-bond donors (Lipinski definition) is 1. The van der Waals surface area contributed by atoms with Crippen LogP contribution in [0.1, 0.15) is 13.8 Å². The number of pyridine rings is 1. The molecule has 0 amide bonds. The van der Waals surface area contributed by atoms with Crippen LogP contribution >= 0.6 is 15.9 Å². The van der Waals surface area contributed by atoms with Crippen molar-refractivity contribution in [3.05, 3.63) is 22.6 Å². The highest BCUT2D eigenvalue weighted by atomic mass is 79.9. The molecule has 0 aliphatic heterocycles. The number of nitrogens with one attached hydrogen (secondary N) is 1. The van der Waals surface area contributed by atoms with E-state index < -0.39 is 0 Å². The average Bonchev–Trinajstić information content (AvgIpc) is 2.14. The summed E-state index contributed by atoms with van der Waals surface area (Å²) in [5, 5.41) is 3.05. The summed E-state index contributed by atoms with van der Waals surface area (Å²) in [5.41, 5.74) is 0.0602. The van der Waals surface area contributed by atoms with Gasteiger partial charge in [-0.1, -0.05) is 13.8 Å². The smallest absolute Gasteiger partial charge is 0.166 e. The van der Waals surface area contributed by atoms with E-state index in [1.54, 1.807) is 6.20 Å². The Labute approximate surface area is 111 Å². The van der Waals surface area contributed by atoms with Crippen molar-refractivity contribution in [2.24, 2.45) is 5.41 Å². The van der Waals surface area contributed by atoms with Gasteiger partial charge in [0.25, 0.3) is 0 Å². The van der Waals surface area contributed by atoms with Crippen molar-refractivity contribution in [3.63, 3.8) is 0 Å². The molecule has 17 heavy (non-hydrogen) atoms. The Morgan fingerprint density at radius 3 is 2.65 bits per heavy atom. The second-order valence-electron chi connectivity index (χ2n) is 5.24. The Bertz CT molecular complexity index is 380. The van der Waals surface area contributed by atoms with E-state index in [1.165, 1.54) is 6.07 Å². The molecule has 0 aromatic carbocycles. The normalized spacial score (nSPS) is 11.9. The summed E-state index contributed by atoms with van der Waals surface area (Å²) in [6.45, 7) is 5.88. The second-order valence-corrected chi connectivity index (χ2v) is 6.16. The molecule has 0 saturated heterocycles. The molecule has 3 nitrogen and oxygen atoms in total. The number of nitrogens with zero attached hydrogens (tertiary/aromatic N) is 2. The molecule has 0 radical (unpaired) electrons. The van der Waals surface area contributed by atoms with Crippen molar-refractivity contribution in [3.8, 4) is 0 Å². The largest absolute Gasteiger partial charge is 0.367 e. The predicted octanol–water partition coefficient (Wildman–Crippen LogP) is 2.98. The van der Waals surface area contributed by atoms with Crippen LogP contribution in [-0.4, -0.2) is 37.1 Å². The van der Waals surface area contributed by atoms with Gasteiger partial charge in [-0.2, -0.15) is 0 Å². The lowest BCUT2D eigenvalue weighted by atomic mass is 9.93. The van der Waals surface area contributed by atoms with Crippen LogP contribution in [0.3, 0.4) is 0 Å². The van der Waals surface area contributed by atoms with E-state index in [1.807, 2.05) is 14.1 Å². The molecule has 0 aliphatic carbocycles. The zero-order valence-electron chi connectivity index (χ0n) is 10.7. The second kappa shape index (κ2) is 5.78. The van der Waals surface area contributed by atoms with Gasteiger partial charge in [0.05, 0.1) is 0 Å². The van der Waals surface area contributed by atoms with Crippen molar-refractivity contribution >= 4 is 21.7 Å². The fourth-order valence-electron chi connectivity index (χ4n) is 1.78. The van der Waals surface area contributed by atoms with Gasteiger partial charge in [0.1, 0.15) is 0 Å². The number of rotatable bonds is 5. The molecule has 0 bridgehead atoms. The number of aromatic nitrogens is 1. The Morgan fingerprint density at radius 2 is 2.12 bits per heavy atom. The fourth-order valence-corrected chi connectivity index (χ4v) is 2.08. The highest BCUT2D eigenvalue weighted by Gasteiger charge is 2.19. The molecule has 0 spiro atoms. The van der Waals surface area contributed by atoms with Gasteiger partial charge < -0.3 is 10.2 Å². The molecule has 1 heterocycles. The Hall–Kier alpha value is -0.680. The molecule has 1 N–H and O–H groups in total. The molecular weight excluding hydrogens is 285 g/mol.